The Morgan fingerprint density at radius 2 is 1.90 bits per heavy atom. The highest BCUT2D eigenvalue weighted by atomic mass is 32.2. The number of nitrogens with zero attached hydrogens (tertiary/aromatic N) is 3. The molecule has 1 N–H and O–H groups in total. The van der Waals surface area contributed by atoms with E-state index in [1.54, 1.807) is 38.6 Å². The third-order valence-corrected chi connectivity index (χ3v) is 4.65. The van der Waals surface area contributed by atoms with E-state index in [0.717, 1.165) is 5.56 Å². The maximum atomic E-state index is 12.5. The first-order valence-corrected chi connectivity index (χ1v) is 7.47. The van der Waals surface area contributed by atoms with E-state index in [4.69, 9.17) is 0 Å². The highest BCUT2D eigenvalue weighted by Gasteiger charge is 2.21. The van der Waals surface area contributed by atoms with E-state index in [9.17, 15) is 8.42 Å². The smallest absolute Gasteiger partial charge is 0.243 e. The predicted octanol–water partition coefficient (Wildman–Crippen LogP) is 1.34. The fourth-order valence-corrected chi connectivity index (χ4v) is 2.89. The molecular formula is C13H16N4O2S. The van der Waals surface area contributed by atoms with Crippen LogP contribution in [0.5, 0.6) is 0 Å². The average molecular weight is 292 g/mol. The molecule has 0 spiro atoms. The lowest BCUT2D eigenvalue weighted by Gasteiger charge is -2.17. The monoisotopic (exact) mass is 292 g/mol. The van der Waals surface area contributed by atoms with Crippen molar-refractivity contribution < 1.29 is 8.42 Å². The van der Waals surface area contributed by atoms with Crippen molar-refractivity contribution in [2.24, 2.45) is 0 Å². The van der Waals surface area contributed by atoms with Crippen molar-refractivity contribution >= 4 is 15.8 Å². The Kier molecular flexibility index (Phi) is 4.31. The Labute approximate surface area is 118 Å². The van der Waals surface area contributed by atoms with Gasteiger partial charge in [0.15, 0.2) is 0 Å². The van der Waals surface area contributed by atoms with E-state index >= 15 is 0 Å². The van der Waals surface area contributed by atoms with Crippen molar-refractivity contribution in [1.82, 2.24) is 14.3 Å². The van der Waals surface area contributed by atoms with Gasteiger partial charge in [-0.25, -0.2) is 13.4 Å². The van der Waals surface area contributed by atoms with E-state index < -0.39 is 10.0 Å². The minimum Gasteiger partial charge on any atom is -0.373 e. The van der Waals surface area contributed by atoms with Crippen LogP contribution in [0.3, 0.4) is 0 Å². The summed E-state index contributed by atoms with van der Waals surface area (Å²) >= 11 is 0. The van der Waals surface area contributed by atoms with Gasteiger partial charge in [0.25, 0.3) is 0 Å². The molecule has 2 aromatic heterocycles. The maximum absolute atomic E-state index is 12.5. The molecule has 0 aliphatic rings. The van der Waals surface area contributed by atoms with Crippen LogP contribution in [0.1, 0.15) is 5.56 Å². The molecule has 2 heterocycles. The van der Waals surface area contributed by atoms with Gasteiger partial charge >= 0.3 is 0 Å². The summed E-state index contributed by atoms with van der Waals surface area (Å²) in [5.74, 6) is 0.517. The molecule has 20 heavy (non-hydrogen) atoms. The Morgan fingerprint density at radius 3 is 2.55 bits per heavy atom. The van der Waals surface area contributed by atoms with Crippen molar-refractivity contribution in [2.75, 3.05) is 19.4 Å². The Hall–Kier alpha value is -1.99. The lowest BCUT2D eigenvalue weighted by atomic mass is 10.3. The normalized spacial score (nSPS) is 11.6. The van der Waals surface area contributed by atoms with Crippen molar-refractivity contribution in [1.29, 1.82) is 0 Å². The summed E-state index contributed by atoms with van der Waals surface area (Å²) in [6.07, 6.45) is 4.75. The van der Waals surface area contributed by atoms with Crippen LogP contribution in [0.2, 0.25) is 0 Å². The SMILES string of the molecule is CNc1cc(S(=O)(=O)N(C)Cc2ccncc2)ccn1. The number of hydrogen-bond acceptors (Lipinski definition) is 5. The third-order valence-electron chi connectivity index (χ3n) is 2.85. The van der Waals surface area contributed by atoms with Gasteiger partial charge in [-0.2, -0.15) is 4.31 Å². The van der Waals surface area contributed by atoms with Crippen LogP contribution >= 0.6 is 0 Å². The first-order valence-electron chi connectivity index (χ1n) is 6.03. The van der Waals surface area contributed by atoms with Gasteiger partial charge in [-0.15, -0.1) is 0 Å². The fourth-order valence-electron chi connectivity index (χ4n) is 1.72. The van der Waals surface area contributed by atoms with Crippen LogP contribution in [0, 0.1) is 0 Å². The second-order valence-electron chi connectivity index (χ2n) is 4.24. The van der Waals surface area contributed by atoms with Crippen LogP contribution in [-0.2, 0) is 16.6 Å². The Morgan fingerprint density at radius 1 is 1.20 bits per heavy atom. The van der Waals surface area contributed by atoms with Crippen molar-refractivity contribution in [3.05, 3.63) is 48.4 Å². The molecule has 2 aromatic rings. The van der Waals surface area contributed by atoms with Crippen molar-refractivity contribution in [3.63, 3.8) is 0 Å². The summed E-state index contributed by atoms with van der Waals surface area (Å²) in [6, 6.07) is 6.58. The fraction of sp³-hybridized carbons (Fsp3) is 0.231. The molecule has 0 unspecified atom stereocenters. The number of rotatable bonds is 5. The molecule has 0 aromatic carbocycles. The lowest BCUT2D eigenvalue weighted by molar-refractivity contribution is 0.466. The molecule has 106 valence electrons. The molecular weight excluding hydrogens is 276 g/mol. The van der Waals surface area contributed by atoms with E-state index in [0.29, 0.717) is 12.4 Å². The van der Waals surface area contributed by atoms with Gasteiger partial charge in [0, 0.05) is 45.3 Å². The van der Waals surface area contributed by atoms with E-state index in [2.05, 4.69) is 15.3 Å². The molecule has 0 aliphatic heterocycles. The molecule has 7 heteroatoms. The Balaban J connectivity index is 2.25. The first-order chi connectivity index (χ1) is 9.54. The van der Waals surface area contributed by atoms with Crippen LogP contribution in [0.4, 0.5) is 5.82 Å². The molecule has 0 fully saturated rings. The number of sulfonamides is 1. The highest BCUT2D eigenvalue weighted by Crippen LogP contribution is 2.18. The molecule has 6 nitrogen and oxygen atoms in total. The van der Waals surface area contributed by atoms with Crippen molar-refractivity contribution in [2.45, 2.75) is 11.4 Å². The van der Waals surface area contributed by atoms with Crippen LogP contribution in [-0.4, -0.2) is 36.8 Å². The minimum atomic E-state index is -3.54. The number of nitrogens with one attached hydrogen (secondary N) is 1. The van der Waals surface area contributed by atoms with Gasteiger partial charge in [0.1, 0.15) is 5.82 Å². The molecule has 0 bridgehead atoms. The van der Waals surface area contributed by atoms with E-state index in [-0.39, 0.29) is 4.90 Å². The van der Waals surface area contributed by atoms with Gasteiger partial charge in [-0.05, 0) is 23.8 Å². The maximum Gasteiger partial charge on any atom is 0.243 e. The molecule has 0 aliphatic carbocycles. The molecule has 0 atom stereocenters. The summed E-state index contributed by atoms with van der Waals surface area (Å²) in [7, 11) is -0.292. The van der Waals surface area contributed by atoms with Gasteiger partial charge < -0.3 is 5.32 Å². The second-order valence-corrected chi connectivity index (χ2v) is 6.29. The van der Waals surface area contributed by atoms with E-state index in [1.165, 1.54) is 22.6 Å². The quantitative estimate of drug-likeness (QED) is 0.900. The second kappa shape index (κ2) is 5.98. The molecule has 0 saturated carbocycles. The highest BCUT2D eigenvalue weighted by molar-refractivity contribution is 7.89. The average Bonchev–Trinajstić information content (AvgIpc) is 2.48. The third kappa shape index (κ3) is 3.12. The zero-order valence-electron chi connectivity index (χ0n) is 11.3. The topological polar surface area (TPSA) is 75.2 Å². The number of aromatic nitrogens is 2. The predicted molar refractivity (Wildman–Crippen MR) is 76.7 cm³/mol. The zero-order valence-corrected chi connectivity index (χ0v) is 12.1. The van der Waals surface area contributed by atoms with Crippen LogP contribution in [0.15, 0.2) is 47.8 Å². The number of hydrogen-bond donors (Lipinski definition) is 1. The Bertz CT molecular complexity index is 674. The number of anilines is 1. The summed E-state index contributed by atoms with van der Waals surface area (Å²) in [5, 5.41) is 2.83. The van der Waals surface area contributed by atoms with E-state index in [1.807, 2.05) is 0 Å². The van der Waals surface area contributed by atoms with Crippen LogP contribution in [0.25, 0.3) is 0 Å². The largest absolute Gasteiger partial charge is 0.373 e. The minimum absolute atomic E-state index is 0.216. The first kappa shape index (κ1) is 14.4. The molecule has 2 rings (SSSR count). The molecule has 0 saturated heterocycles. The van der Waals surface area contributed by atoms with Crippen LogP contribution < -0.4 is 5.32 Å². The summed E-state index contributed by atoms with van der Waals surface area (Å²) in [6.45, 7) is 0.294. The zero-order chi connectivity index (χ0) is 14.6. The van der Waals surface area contributed by atoms with Gasteiger partial charge in [-0.3, -0.25) is 4.98 Å². The lowest BCUT2D eigenvalue weighted by Crippen LogP contribution is -2.26. The standard InChI is InChI=1S/C13H16N4O2S/c1-14-13-9-12(5-8-16-13)20(18,19)17(2)10-11-3-6-15-7-4-11/h3-9H,10H2,1-2H3,(H,14,16). The number of pyridine rings is 2. The molecule has 0 amide bonds. The summed E-state index contributed by atoms with van der Waals surface area (Å²) in [5.41, 5.74) is 0.883. The summed E-state index contributed by atoms with van der Waals surface area (Å²) < 4.78 is 26.2. The van der Waals surface area contributed by atoms with Gasteiger partial charge in [0.2, 0.25) is 10.0 Å². The molecule has 0 radical (unpaired) electrons. The van der Waals surface area contributed by atoms with Gasteiger partial charge in [-0.1, -0.05) is 0 Å². The van der Waals surface area contributed by atoms with Gasteiger partial charge in [0.05, 0.1) is 4.90 Å². The summed E-state index contributed by atoms with van der Waals surface area (Å²) in [4.78, 5) is 8.14. The van der Waals surface area contributed by atoms with Crippen molar-refractivity contribution in [3.8, 4) is 0 Å².